The van der Waals surface area contributed by atoms with Gasteiger partial charge in [0.15, 0.2) is 6.61 Å². The highest BCUT2D eigenvalue weighted by molar-refractivity contribution is 5.91. The van der Waals surface area contributed by atoms with Crippen LogP contribution in [-0.2, 0) is 9.53 Å². The number of amides is 1. The molecule has 0 bridgehead atoms. The number of nitrogens with zero attached hydrogens (tertiary/aromatic N) is 2. The first-order valence-electron chi connectivity index (χ1n) is 7.29. The smallest absolute Gasteiger partial charge is 0.338 e. The summed E-state index contributed by atoms with van der Waals surface area (Å²) in [6.45, 7) is 1.32. The molecule has 1 amide bonds. The number of benzene rings is 1. The van der Waals surface area contributed by atoms with Crippen molar-refractivity contribution in [3.05, 3.63) is 42.2 Å². The minimum atomic E-state index is -0.487. The van der Waals surface area contributed by atoms with E-state index >= 15 is 0 Å². The number of imidazole rings is 1. The fraction of sp³-hybridized carbons (Fsp3) is 0.312. The Balaban J connectivity index is 1.57. The molecule has 6 nitrogen and oxygen atoms in total. The molecule has 2 heterocycles. The maximum absolute atomic E-state index is 11.9. The van der Waals surface area contributed by atoms with Crippen molar-refractivity contribution in [2.24, 2.45) is 0 Å². The standard InChI is InChI=1S/C16H17N3O3/c20-14(19-9-1-2-10-19)11-22-16(21)13-5-3-12(4-6-13)15-17-7-8-18-15/h3-8H,1-2,9-11H2,(H,17,18). The summed E-state index contributed by atoms with van der Waals surface area (Å²) >= 11 is 0. The number of esters is 1. The minimum absolute atomic E-state index is 0.127. The van der Waals surface area contributed by atoms with Crippen LogP contribution in [0, 0.1) is 0 Å². The molecule has 22 heavy (non-hydrogen) atoms. The summed E-state index contributed by atoms with van der Waals surface area (Å²) in [4.78, 5) is 32.6. The van der Waals surface area contributed by atoms with Gasteiger partial charge in [-0.2, -0.15) is 0 Å². The first kappa shape index (κ1) is 14.3. The molecule has 0 spiro atoms. The fourth-order valence-corrected chi connectivity index (χ4v) is 2.46. The Morgan fingerprint density at radius 1 is 1.18 bits per heavy atom. The van der Waals surface area contributed by atoms with Crippen molar-refractivity contribution in [2.45, 2.75) is 12.8 Å². The van der Waals surface area contributed by atoms with Gasteiger partial charge < -0.3 is 14.6 Å². The van der Waals surface area contributed by atoms with Crippen LogP contribution in [0.25, 0.3) is 11.4 Å². The molecule has 1 aliphatic rings. The Hall–Kier alpha value is -2.63. The normalized spacial score (nSPS) is 14.1. The number of aromatic amines is 1. The van der Waals surface area contributed by atoms with Crippen LogP contribution in [0.5, 0.6) is 0 Å². The Morgan fingerprint density at radius 3 is 2.55 bits per heavy atom. The van der Waals surface area contributed by atoms with Crippen LogP contribution in [0.15, 0.2) is 36.7 Å². The molecule has 1 aromatic carbocycles. The lowest BCUT2D eigenvalue weighted by Gasteiger charge is -2.14. The van der Waals surface area contributed by atoms with Crippen LogP contribution in [0.4, 0.5) is 0 Å². The summed E-state index contributed by atoms with van der Waals surface area (Å²) < 4.78 is 5.08. The summed E-state index contributed by atoms with van der Waals surface area (Å²) in [5.74, 6) is 0.126. The van der Waals surface area contributed by atoms with Gasteiger partial charge in [0.2, 0.25) is 0 Å². The number of hydrogen-bond acceptors (Lipinski definition) is 4. The van der Waals surface area contributed by atoms with Gasteiger partial charge in [0.25, 0.3) is 5.91 Å². The van der Waals surface area contributed by atoms with E-state index in [4.69, 9.17) is 4.74 Å². The second-order valence-corrected chi connectivity index (χ2v) is 5.18. The third kappa shape index (κ3) is 3.16. The fourth-order valence-electron chi connectivity index (χ4n) is 2.46. The molecule has 1 N–H and O–H groups in total. The van der Waals surface area contributed by atoms with Crippen molar-refractivity contribution in [1.82, 2.24) is 14.9 Å². The number of carbonyl (C=O) groups is 2. The van der Waals surface area contributed by atoms with Crippen molar-refractivity contribution in [3.8, 4) is 11.4 Å². The summed E-state index contributed by atoms with van der Waals surface area (Å²) in [5.41, 5.74) is 1.30. The van der Waals surface area contributed by atoms with Gasteiger partial charge in [-0.3, -0.25) is 4.79 Å². The monoisotopic (exact) mass is 299 g/mol. The lowest BCUT2D eigenvalue weighted by Crippen LogP contribution is -2.32. The number of carbonyl (C=O) groups excluding carboxylic acids is 2. The first-order valence-corrected chi connectivity index (χ1v) is 7.29. The van der Waals surface area contributed by atoms with Crippen molar-refractivity contribution in [3.63, 3.8) is 0 Å². The average Bonchev–Trinajstić information content (AvgIpc) is 3.25. The third-order valence-electron chi connectivity index (χ3n) is 3.68. The molecule has 0 aliphatic carbocycles. The van der Waals surface area contributed by atoms with E-state index < -0.39 is 5.97 Å². The molecular formula is C16H17N3O3. The third-order valence-corrected chi connectivity index (χ3v) is 3.68. The summed E-state index contributed by atoms with van der Waals surface area (Å²) in [5, 5.41) is 0. The maximum atomic E-state index is 11.9. The summed E-state index contributed by atoms with van der Waals surface area (Å²) in [6, 6.07) is 6.91. The number of likely N-dealkylation sites (tertiary alicyclic amines) is 1. The van der Waals surface area contributed by atoms with Gasteiger partial charge in [-0.05, 0) is 25.0 Å². The molecule has 0 atom stereocenters. The molecule has 0 unspecified atom stereocenters. The highest BCUT2D eigenvalue weighted by atomic mass is 16.5. The highest BCUT2D eigenvalue weighted by Gasteiger charge is 2.19. The van der Waals surface area contributed by atoms with Crippen LogP contribution in [0.3, 0.4) is 0 Å². The van der Waals surface area contributed by atoms with E-state index in [0.29, 0.717) is 5.56 Å². The number of nitrogens with one attached hydrogen (secondary N) is 1. The predicted octanol–water partition coefficient (Wildman–Crippen LogP) is 1.86. The van der Waals surface area contributed by atoms with Crippen LogP contribution in [0.1, 0.15) is 23.2 Å². The van der Waals surface area contributed by atoms with Gasteiger partial charge in [0, 0.05) is 31.0 Å². The topological polar surface area (TPSA) is 75.3 Å². The summed E-state index contributed by atoms with van der Waals surface area (Å²) in [7, 11) is 0. The number of aromatic nitrogens is 2. The molecule has 1 saturated heterocycles. The van der Waals surface area contributed by atoms with E-state index in [2.05, 4.69) is 9.97 Å². The zero-order chi connectivity index (χ0) is 15.4. The van der Waals surface area contributed by atoms with Gasteiger partial charge in [-0.15, -0.1) is 0 Å². The second kappa shape index (κ2) is 6.43. The second-order valence-electron chi connectivity index (χ2n) is 5.18. The molecular weight excluding hydrogens is 282 g/mol. The van der Waals surface area contributed by atoms with Gasteiger partial charge >= 0.3 is 5.97 Å². The Labute approximate surface area is 128 Å². The molecule has 1 fully saturated rings. The van der Waals surface area contributed by atoms with E-state index in [1.54, 1.807) is 41.6 Å². The van der Waals surface area contributed by atoms with Gasteiger partial charge in [-0.1, -0.05) is 12.1 Å². The Bertz CT molecular complexity index is 644. The molecule has 0 radical (unpaired) electrons. The molecule has 1 aromatic heterocycles. The van der Waals surface area contributed by atoms with Gasteiger partial charge in [0.1, 0.15) is 5.82 Å². The lowest BCUT2D eigenvalue weighted by atomic mass is 10.1. The van der Waals surface area contributed by atoms with E-state index in [1.165, 1.54) is 0 Å². The molecule has 1 aliphatic heterocycles. The van der Waals surface area contributed by atoms with E-state index in [9.17, 15) is 9.59 Å². The van der Waals surface area contributed by atoms with E-state index in [1.807, 2.05) is 0 Å². The average molecular weight is 299 g/mol. The zero-order valence-corrected chi connectivity index (χ0v) is 12.1. The summed E-state index contributed by atoms with van der Waals surface area (Å²) in [6.07, 6.45) is 5.45. The van der Waals surface area contributed by atoms with Crippen molar-refractivity contribution < 1.29 is 14.3 Å². The molecule has 3 rings (SSSR count). The number of hydrogen-bond donors (Lipinski definition) is 1. The zero-order valence-electron chi connectivity index (χ0n) is 12.1. The minimum Gasteiger partial charge on any atom is -0.452 e. The van der Waals surface area contributed by atoms with Crippen molar-refractivity contribution in [2.75, 3.05) is 19.7 Å². The quantitative estimate of drug-likeness (QED) is 0.874. The number of ether oxygens (including phenoxy) is 1. The number of rotatable bonds is 4. The maximum Gasteiger partial charge on any atom is 0.338 e. The predicted molar refractivity (Wildman–Crippen MR) is 80.1 cm³/mol. The largest absolute Gasteiger partial charge is 0.452 e. The van der Waals surface area contributed by atoms with Crippen LogP contribution in [-0.4, -0.2) is 46.4 Å². The van der Waals surface area contributed by atoms with Crippen LogP contribution in [0.2, 0.25) is 0 Å². The molecule has 6 heteroatoms. The van der Waals surface area contributed by atoms with Crippen molar-refractivity contribution in [1.29, 1.82) is 0 Å². The van der Waals surface area contributed by atoms with Gasteiger partial charge in [0.05, 0.1) is 5.56 Å². The van der Waals surface area contributed by atoms with E-state index in [0.717, 1.165) is 37.3 Å². The van der Waals surface area contributed by atoms with E-state index in [-0.39, 0.29) is 12.5 Å². The molecule has 0 saturated carbocycles. The lowest BCUT2D eigenvalue weighted by molar-refractivity contribution is -0.133. The van der Waals surface area contributed by atoms with Crippen LogP contribution >= 0.6 is 0 Å². The van der Waals surface area contributed by atoms with Gasteiger partial charge in [-0.25, -0.2) is 9.78 Å². The first-order chi connectivity index (χ1) is 10.7. The Morgan fingerprint density at radius 2 is 1.91 bits per heavy atom. The highest BCUT2D eigenvalue weighted by Crippen LogP contribution is 2.15. The SMILES string of the molecule is O=C(OCC(=O)N1CCCC1)c1ccc(-c2ncc[nH]2)cc1. The van der Waals surface area contributed by atoms with Crippen LogP contribution < -0.4 is 0 Å². The Kier molecular flexibility index (Phi) is 4.18. The molecule has 2 aromatic rings. The van der Waals surface area contributed by atoms with Crippen molar-refractivity contribution >= 4 is 11.9 Å². The molecule has 114 valence electrons. The number of H-pyrrole nitrogens is 1.